The summed E-state index contributed by atoms with van der Waals surface area (Å²) < 4.78 is 5.54. The second kappa shape index (κ2) is 5.64. The number of benzene rings is 1. The lowest BCUT2D eigenvalue weighted by atomic mass is 10.2. The lowest BCUT2D eigenvalue weighted by Gasteiger charge is -2.04. The van der Waals surface area contributed by atoms with Gasteiger partial charge >= 0.3 is 5.97 Å². The van der Waals surface area contributed by atoms with Crippen molar-refractivity contribution < 1.29 is 14.6 Å². The molecule has 94 valence electrons. The maximum atomic E-state index is 10.7. The predicted octanol–water partition coefficient (Wildman–Crippen LogP) is 2.98. The Hall–Kier alpha value is -1.88. The molecule has 2 aromatic rings. The molecule has 1 aromatic heterocycles. The SMILES string of the molecule is CCc1ccc(OCc2csc(C(=O)O)n2)cc1. The largest absolute Gasteiger partial charge is 0.487 e. The molecule has 0 atom stereocenters. The second-order valence-electron chi connectivity index (χ2n) is 3.74. The highest BCUT2D eigenvalue weighted by molar-refractivity contribution is 7.11. The van der Waals surface area contributed by atoms with Gasteiger partial charge in [-0.15, -0.1) is 11.3 Å². The number of carboxylic acid groups (broad SMARTS) is 1. The Morgan fingerprint density at radius 3 is 2.67 bits per heavy atom. The van der Waals surface area contributed by atoms with Crippen molar-refractivity contribution in [3.63, 3.8) is 0 Å². The zero-order valence-corrected chi connectivity index (χ0v) is 10.7. The first-order valence-electron chi connectivity index (χ1n) is 5.58. The predicted molar refractivity (Wildman–Crippen MR) is 69.2 cm³/mol. The molecule has 0 bridgehead atoms. The average molecular weight is 263 g/mol. The molecule has 1 N–H and O–H groups in total. The highest BCUT2D eigenvalue weighted by atomic mass is 32.1. The molecule has 18 heavy (non-hydrogen) atoms. The maximum absolute atomic E-state index is 10.7. The quantitative estimate of drug-likeness (QED) is 0.901. The van der Waals surface area contributed by atoms with Crippen LogP contribution < -0.4 is 4.74 Å². The lowest BCUT2D eigenvalue weighted by molar-refractivity contribution is 0.0696. The number of carboxylic acids is 1. The zero-order valence-electron chi connectivity index (χ0n) is 9.92. The van der Waals surface area contributed by atoms with Crippen LogP contribution >= 0.6 is 11.3 Å². The summed E-state index contributed by atoms with van der Waals surface area (Å²) in [6.45, 7) is 2.38. The number of ether oxygens (including phenoxy) is 1. The summed E-state index contributed by atoms with van der Waals surface area (Å²) in [6, 6.07) is 7.84. The molecule has 0 aliphatic carbocycles. The summed E-state index contributed by atoms with van der Waals surface area (Å²) in [7, 11) is 0. The second-order valence-corrected chi connectivity index (χ2v) is 4.59. The van der Waals surface area contributed by atoms with Gasteiger partial charge in [-0.2, -0.15) is 0 Å². The number of rotatable bonds is 5. The van der Waals surface area contributed by atoms with E-state index in [1.54, 1.807) is 5.38 Å². The van der Waals surface area contributed by atoms with E-state index in [1.807, 2.05) is 24.3 Å². The number of carbonyl (C=O) groups is 1. The van der Waals surface area contributed by atoms with E-state index in [-0.39, 0.29) is 11.6 Å². The fraction of sp³-hybridized carbons (Fsp3) is 0.231. The minimum atomic E-state index is -1.00. The highest BCUT2D eigenvalue weighted by Gasteiger charge is 2.09. The van der Waals surface area contributed by atoms with Crippen LogP contribution in [0.25, 0.3) is 0 Å². The van der Waals surface area contributed by atoms with E-state index in [0.717, 1.165) is 23.5 Å². The number of aryl methyl sites for hydroxylation is 1. The molecule has 4 nitrogen and oxygen atoms in total. The first-order chi connectivity index (χ1) is 8.69. The molecule has 0 fully saturated rings. The van der Waals surface area contributed by atoms with Gasteiger partial charge in [-0.25, -0.2) is 9.78 Å². The van der Waals surface area contributed by atoms with Gasteiger partial charge in [0.1, 0.15) is 12.4 Å². The summed E-state index contributed by atoms with van der Waals surface area (Å²) >= 11 is 1.11. The van der Waals surface area contributed by atoms with Gasteiger partial charge in [0.05, 0.1) is 5.69 Å². The number of aromatic carboxylic acids is 1. The van der Waals surface area contributed by atoms with Gasteiger partial charge < -0.3 is 9.84 Å². The molecule has 0 amide bonds. The molecular formula is C13H13NO3S. The minimum Gasteiger partial charge on any atom is -0.487 e. The van der Waals surface area contributed by atoms with E-state index in [0.29, 0.717) is 5.69 Å². The van der Waals surface area contributed by atoms with Crippen LogP contribution in [0.15, 0.2) is 29.6 Å². The Labute approximate surface area is 109 Å². The van der Waals surface area contributed by atoms with Gasteiger partial charge in [0, 0.05) is 5.38 Å². The monoisotopic (exact) mass is 263 g/mol. The first-order valence-corrected chi connectivity index (χ1v) is 6.46. The van der Waals surface area contributed by atoms with Crippen LogP contribution in [0.5, 0.6) is 5.75 Å². The minimum absolute atomic E-state index is 0.0925. The zero-order chi connectivity index (χ0) is 13.0. The number of thiazole rings is 1. The Balaban J connectivity index is 1.95. The van der Waals surface area contributed by atoms with Crippen LogP contribution in [0.1, 0.15) is 28.0 Å². The smallest absolute Gasteiger partial charge is 0.365 e. The molecule has 0 saturated carbocycles. The summed E-state index contributed by atoms with van der Waals surface area (Å²) in [5, 5.41) is 10.5. The van der Waals surface area contributed by atoms with Crippen LogP contribution in [0.3, 0.4) is 0 Å². The molecule has 0 aliphatic rings. The number of nitrogens with zero attached hydrogens (tertiary/aromatic N) is 1. The van der Waals surface area contributed by atoms with Crippen molar-refractivity contribution in [2.45, 2.75) is 20.0 Å². The van der Waals surface area contributed by atoms with Gasteiger partial charge in [0.15, 0.2) is 0 Å². The third-order valence-electron chi connectivity index (χ3n) is 2.45. The van der Waals surface area contributed by atoms with E-state index >= 15 is 0 Å². The average Bonchev–Trinajstić information content (AvgIpc) is 2.86. The fourth-order valence-electron chi connectivity index (χ4n) is 1.45. The number of hydrogen-bond donors (Lipinski definition) is 1. The number of hydrogen-bond acceptors (Lipinski definition) is 4. The van der Waals surface area contributed by atoms with Crippen molar-refractivity contribution in [1.82, 2.24) is 4.98 Å². The van der Waals surface area contributed by atoms with Crippen molar-refractivity contribution >= 4 is 17.3 Å². The first kappa shape index (κ1) is 12.6. The van der Waals surface area contributed by atoms with Crippen molar-refractivity contribution in [2.24, 2.45) is 0 Å². The van der Waals surface area contributed by atoms with Crippen LogP contribution in [0, 0.1) is 0 Å². The standard InChI is InChI=1S/C13H13NO3S/c1-2-9-3-5-11(6-4-9)17-7-10-8-18-12(14-10)13(15)16/h3-6,8H,2,7H2,1H3,(H,15,16). The lowest BCUT2D eigenvalue weighted by Crippen LogP contribution is -1.99. The molecule has 0 unspecified atom stereocenters. The third kappa shape index (κ3) is 3.07. The Morgan fingerprint density at radius 1 is 1.39 bits per heavy atom. The molecule has 1 aromatic carbocycles. The molecule has 0 aliphatic heterocycles. The van der Waals surface area contributed by atoms with Gasteiger partial charge in [-0.05, 0) is 24.1 Å². The van der Waals surface area contributed by atoms with Crippen molar-refractivity contribution in [1.29, 1.82) is 0 Å². The van der Waals surface area contributed by atoms with E-state index in [1.165, 1.54) is 5.56 Å². The van der Waals surface area contributed by atoms with Crippen molar-refractivity contribution in [3.8, 4) is 5.75 Å². The molecule has 2 rings (SSSR count). The van der Waals surface area contributed by atoms with E-state index in [9.17, 15) is 4.79 Å². The molecular weight excluding hydrogens is 250 g/mol. The van der Waals surface area contributed by atoms with E-state index in [4.69, 9.17) is 9.84 Å². The Kier molecular flexibility index (Phi) is 3.94. The molecule has 5 heteroatoms. The molecule has 0 radical (unpaired) electrons. The fourth-order valence-corrected chi connectivity index (χ4v) is 2.09. The van der Waals surface area contributed by atoms with Crippen LogP contribution in [0.2, 0.25) is 0 Å². The molecule has 1 heterocycles. The summed E-state index contributed by atoms with van der Waals surface area (Å²) in [6.07, 6.45) is 0.994. The summed E-state index contributed by atoms with van der Waals surface area (Å²) in [5.41, 5.74) is 1.89. The van der Waals surface area contributed by atoms with Gasteiger partial charge in [0.2, 0.25) is 5.01 Å². The Bertz CT molecular complexity index is 533. The maximum Gasteiger partial charge on any atom is 0.365 e. The van der Waals surface area contributed by atoms with Gasteiger partial charge in [-0.3, -0.25) is 0 Å². The summed E-state index contributed by atoms with van der Waals surface area (Å²) in [5.74, 6) is -0.240. The van der Waals surface area contributed by atoms with Gasteiger partial charge in [-0.1, -0.05) is 19.1 Å². The topological polar surface area (TPSA) is 59.4 Å². The van der Waals surface area contributed by atoms with Crippen LogP contribution in [-0.4, -0.2) is 16.1 Å². The van der Waals surface area contributed by atoms with Gasteiger partial charge in [0.25, 0.3) is 0 Å². The molecule has 0 spiro atoms. The van der Waals surface area contributed by atoms with Crippen molar-refractivity contribution in [3.05, 3.63) is 45.9 Å². The van der Waals surface area contributed by atoms with E-state index in [2.05, 4.69) is 11.9 Å². The normalized spacial score (nSPS) is 10.3. The van der Waals surface area contributed by atoms with Crippen LogP contribution in [-0.2, 0) is 13.0 Å². The van der Waals surface area contributed by atoms with Crippen molar-refractivity contribution in [2.75, 3.05) is 0 Å². The number of aromatic nitrogens is 1. The molecule has 0 saturated heterocycles. The third-order valence-corrected chi connectivity index (χ3v) is 3.33. The Morgan fingerprint density at radius 2 is 2.11 bits per heavy atom. The van der Waals surface area contributed by atoms with E-state index < -0.39 is 5.97 Å². The highest BCUT2D eigenvalue weighted by Crippen LogP contribution is 2.16. The summed E-state index contributed by atoms with van der Waals surface area (Å²) in [4.78, 5) is 14.6. The van der Waals surface area contributed by atoms with Crippen LogP contribution in [0.4, 0.5) is 0 Å².